The van der Waals surface area contributed by atoms with Gasteiger partial charge in [-0.05, 0) is 45.0 Å². The second kappa shape index (κ2) is 13.4. The number of thioether (sulfide) groups is 1. The lowest BCUT2D eigenvalue weighted by atomic mass is 10.0. The molecule has 8 heteroatoms. The Balaban J connectivity index is 0.00000385. The molecule has 3 rings (SSSR count). The maximum absolute atomic E-state index is 13.5. The van der Waals surface area contributed by atoms with Crippen LogP contribution in [0, 0.1) is 0 Å². The van der Waals surface area contributed by atoms with Gasteiger partial charge in [0.25, 0.3) is 0 Å². The standard InChI is InChI=1S/C25H25BrNO3S2.HI/c1-4-30-21(28)16-20-22(27-13-6-5-7-14-27)25(31-15-12-17(2)3)32-24(20)23(29)18-8-10-19(26)11-9-18;/h5-14H,4,15-16H2,1-3H3;1H/q+1;/p-1. The lowest BCUT2D eigenvalue weighted by Gasteiger charge is -2.05. The minimum absolute atomic E-state index is 0. The zero-order valence-electron chi connectivity index (χ0n) is 18.6. The molecule has 1 aromatic carbocycles. The van der Waals surface area contributed by atoms with Crippen LogP contribution in [0.5, 0.6) is 0 Å². The van der Waals surface area contributed by atoms with Gasteiger partial charge in [-0.3, -0.25) is 9.59 Å². The molecule has 0 unspecified atom stereocenters. The van der Waals surface area contributed by atoms with Crippen LogP contribution in [0.1, 0.15) is 41.6 Å². The average molecular weight is 658 g/mol. The monoisotopic (exact) mass is 657 g/mol. The fourth-order valence-electron chi connectivity index (χ4n) is 3.06. The van der Waals surface area contributed by atoms with Crippen molar-refractivity contribution in [1.82, 2.24) is 0 Å². The number of ketones is 1. The first-order valence-corrected chi connectivity index (χ1v) is 12.8. The molecule has 4 nitrogen and oxygen atoms in total. The Morgan fingerprint density at radius 2 is 1.79 bits per heavy atom. The molecule has 0 atom stereocenters. The molecule has 0 saturated carbocycles. The van der Waals surface area contributed by atoms with Gasteiger partial charge in [-0.25, -0.2) is 0 Å². The van der Waals surface area contributed by atoms with Gasteiger partial charge >= 0.3 is 5.97 Å². The van der Waals surface area contributed by atoms with Crippen molar-refractivity contribution in [1.29, 1.82) is 0 Å². The molecule has 0 N–H and O–H groups in total. The summed E-state index contributed by atoms with van der Waals surface area (Å²) in [5.74, 6) is 0.357. The summed E-state index contributed by atoms with van der Waals surface area (Å²) in [6.07, 6.45) is 6.08. The van der Waals surface area contributed by atoms with E-state index in [2.05, 4.69) is 35.9 Å². The Hall–Kier alpha value is -1.49. The number of hydrogen-bond donors (Lipinski definition) is 0. The summed E-state index contributed by atoms with van der Waals surface area (Å²) in [5, 5.41) is 0. The lowest BCUT2D eigenvalue weighted by molar-refractivity contribution is -0.598. The van der Waals surface area contributed by atoms with Crippen molar-refractivity contribution in [2.45, 2.75) is 31.4 Å². The zero-order valence-corrected chi connectivity index (χ0v) is 24.0. The Bertz CT molecular complexity index is 1120. The number of thiophene rings is 1. The molecule has 0 aliphatic heterocycles. The van der Waals surface area contributed by atoms with E-state index in [1.807, 2.05) is 47.3 Å². The summed E-state index contributed by atoms with van der Waals surface area (Å²) in [7, 11) is 0. The molecule has 0 aliphatic rings. The van der Waals surface area contributed by atoms with Gasteiger partial charge in [0.2, 0.25) is 11.5 Å². The second-order valence-electron chi connectivity index (χ2n) is 7.24. The number of ether oxygens (including phenoxy) is 1. The van der Waals surface area contributed by atoms with Crippen LogP contribution in [0.4, 0.5) is 0 Å². The Morgan fingerprint density at radius 3 is 2.39 bits per heavy atom. The van der Waals surface area contributed by atoms with Crippen molar-refractivity contribution >= 4 is 50.8 Å². The van der Waals surface area contributed by atoms with Crippen LogP contribution in [0.15, 0.2) is 75.2 Å². The highest BCUT2D eigenvalue weighted by atomic mass is 127. The van der Waals surface area contributed by atoms with Gasteiger partial charge in [0.1, 0.15) is 4.21 Å². The molecule has 0 fully saturated rings. The number of aromatic nitrogens is 1. The predicted octanol–water partition coefficient (Wildman–Crippen LogP) is 3.19. The highest BCUT2D eigenvalue weighted by molar-refractivity contribution is 9.10. The van der Waals surface area contributed by atoms with E-state index in [-0.39, 0.29) is 42.2 Å². The molecule has 0 bridgehead atoms. The Morgan fingerprint density at radius 1 is 1.12 bits per heavy atom. The molecule has 174 valence electrons. The van der Waals surface area contributed by atoms with Gasteiger partial charge in [0.05, 0.1) is 23.5 Å². The van der Waals surface area contributed by atoms with Crippen LogP contribution in [0.3, 0.4) is 0 Å². The summed E-state index contributed by atoms with van der Waals surface area (Å²) >= 11 is 6.53. The second-order valence-corrected chi connectivity index (χ2v) is 10.5. The van der Waals surface area contributed by atoms with E-state index in [0.717, 1.165) is 20.1 Å². The summed E-state index contributed by atoms with van der Waals surface area (Å²) in [6.45, 7) is 6.22. The quantitative estimate of drug-likeness (QED) is 0.0886. The molecule has 0 aliphatic carbocycles. The number of pyridine rings is 1. The first kappa shape index (κ1) is 27.8. The van der Waals surface area contributed by atoms with E-state index >= 15 is 0 Å². The zero-order chi connectivity index (χ0) is 23.1. The van der Waals surface area contributed by atoms with Crippen LogP contribution >= 0.6 is 39.0 Å². The molecule has 0 spiro atoms. The van der Waals surface area contributed by atoms with Crippen molar-refractivity contribution in [2.24, 2.45) is 0 Å². The number of halogens is 2. The third-order valence-corrected chi connectivity index (χ3v) is 7.50. The van der Waals surface area contributed by atoms with Gasteiger partial charge in [0, 0.05) is 27.9 Å². The molecule has 33 heavy (non-hydrogen) atoms. The Kier molecular flexibility index (Phi) is 11.3. The third kappa shape index (κ3) is 7.50. The topological polar surface area (TPSA) is 47.3 Å². The van der Waals surface area contributed by atoms with Crippen molar-refractivity contribution in [3.8, 4) is 5.69 Å². The van der Waals surface area contributed by atoms with Gasteiger partial charge in [-0.2, -0.15) is 4.57 Å². The van der Waals surface area contributed by atoms with E-state index in [1.165, 1.54) is 16.9 Å². The normalized spacial score (nSPS) is 10.3. The first-order chi connectivity index (χ1) is 15.4. The first-order valence-electron chi connectivity index (χ1n) is 10.2. The SMILES string of the molecule is CCOC(=O)Cc1c(C(=O)c2ccc(Br)cc2)sc(SCC=C(C)C)c1-[n+]1ccccc1.[I-]. The minimum Gasteiger partial charge on any atom is -1.00 e. The summed E-state index contributed by atoms with van der Waals surface area (Å²) in [4.78, 5) is 26.6. The largest absolute Gasteiger partial charge is 1.00 e. The number of carbonyl (C=O) groups is 2. The minimum atomic E-state index is -0.339. The van der Waals surface area contributed by atoms with Crippen LogP contribution in [-0.4, -0.2) is 24.1 Å². The van der Waals surface area contributed by atoms with E-state index in [1.54, 1.807) is 30.8 Å². The number of benzene rings is 1. The number of carbonyl (C=O) groups excluding carboxylic acids is 2. The van der Waals surface area contributed by atoms with Gasteiger partial charge in [0.15, 0.2) is 12.4 Å². The van der Waals surface area contributed by atoms with Crippen LogP contribution in [-0.2, 0) is 16.0 Å². The van der Waals surface area contributed by atoms with Crippen molar-refractivity contribution in [2.75, 3.05) is 12.4 Å². The molecular formula is C25H25BrINO3S2. The Labute approximate surface area is 228 Å². The van der Waals surface area contributed by atoms with Crippen LogP contribution < -0.4 is 28.5 Å². The molecule has 0 saturated heterocycles. The molecule has 2 heterocycles. The molecular weight excluding hydrogens is 633 g/mol. The van der Waals surface area contributed by atoms with Crippen molar-refractivity contribution in [3.05, 3.63) is 87.0 Å². The van der Waals surface area contributed by atoms with Gasteiger partial charge in [-0.1, -0.05) is 33.6 Å². The van der Waals surface area contributed by atoms with E-state index in [0.29, 0.717) is 22.6 Å². The van der Waals surface area contributed by atoms with E-state index < -0.39 is 0 Å². The average Bonchev–Trinajstić information content (AvgIpc) is 3.12. The number of rotatable bonds is 9. The van der Waals surface area contributed by atoms with Crippen LogP contribution in [0.25, 0.3) is 5.69 Å². The van der Waals surface area contributed by atoms with Crippen molar-refractivity contribution in [3.63, 3.8) is 0 Å². The highest BCUT2D eigenvalue weighted by Gasteiger charge is 2.31. The fraction of sp³-hybridized carbons (Fsp3) is 0.240. The number of allylic oxidation sites excluding steroid dienone is 1. The van der Waals surface area contributed by atoms with E-state index in [4.69, 9.17) is 4.74 Å². The smallest absolute Gasteiger partial charge is 0.310 e. The summed E-state index contributed by atoms with van der Waals surface area (Å²) < 4.78 is 9.12. The van der Waals surface area contributed by atoms with Gasteiger partial charge in [-0.15, -0.1) is 23.1 Å². The maximum atomic E-state index is 13.5. The highest BCUT2D eigenvalue weighted by Crippen LogP contribution is 2.38. The summed E-state index contributed by atoms with van der Waals surface area (Å²) in [5.41, 5.74) is 3.40. The van der Waals surface area contributed by atoms with E-state index in [9.17, 15) is 9.59 Å². The summed E-state index contributed by atoms with van der Waals surface area (Å²) in [6, 6.07) is 13.1. The molecule has 0 amide bonds. The van der Waals surface area contributed by atoms with Crippen molar-refractivity contribution < 1.29 is 42.9 Å². The number of hydrogen-bond acceptors (Lipinski definition) is 5. The molecule has 2 aromatic heterocycles. The third-order valence-electron chi connectivity index (χ3n) is 4.57. The van der Waals surface area contributed by atoms with Gasteiger partial charge < -0.3 is 28.7 Å². The lowest BCUT2D eigenvalue weighted by Crippen LogP contribution is -3.00. The maximum Gasteiger partial charge on any atom is 0.310 e. The number of esters is 1. The fourth-order valence-corrected chi connectivity index (χ4v) is 5.96. The van der Waals surface area contributed by atoms with Crippen LogP contribution in [0.2, 0.25) is 0 Å². The number of nitrogens with zero attached hydrogens (tertiary/aromatic N) is 1. The molecule has 3 aromatic rings. The predicted molar refractivity (Wildman–Crippen MR) is 134 cm³/mol. The molecule has 0 radical (unpaired) electrons.